The Morgan fingerprint density at radius 1 is 1.27 bits per heavy atom. The van der Waals surface area contributed by atoms with Gasteiger partial charge in [0.2, 0.25) is 0 Å². The number of rotatable bonds is 7. The fourth-order valence-corrected chi connectivity index (χ4v) is 3.23. The van der Waals surface area contributed by atoms with Crippen LogP contribution in [0, 0.1) is 5.82 Å². The molecule has 2 N–H and O–H groups in total. The highest BCUT2D eigenvalue weighted by molar-refractivity contribution is 7.91. The maximum Gasteiger partial charge on any atom is 0.325 e. The van der Waals surface area contributed by atoms with Crippen molar-refractivity contribution in [2.45, 2.75) is 24.8 Å². The summed E-state index contributed by atoms with van der Waals surface area (Å²) in [5, 5.41) is 11.7. The van der Waals surface area contributed by atoms with Gasteiger partial charge in [0.1, 0.15) is 17.6 Å². The molecule has 0 radical (unpaired) electrons. The molecule has 6 nitrogen and oxygen atoms in total. The molecule has 140 valence electrons. The number of halogens is 2. The molecule has 0 aromatic heterocycles. The Bertz CT molecular complexity index is 933. The number of carbonyl (C=O) groups is 1. The molecule has 0 unspecified atom stereocenters. The van der Waals surface area contributed by atoms with Crippen molar-refractivity contribution in [2.24, 2.45) is 0 Å². The topological polar surface area (TPSA) is 92.7 Å². The van der Waals surface area contributed by atoms with E-state index in [1.165, 1.54) is 38.1 Å². The first kappa shape index (κ1) is 20.0. The van der Waals surface area contributed by atoms with Crippen molar-refractivity contribution in [3.05, 3.63) is 47.2 Å². The lowest BCUT2D eigenvalue weighted by atomic mass is 10.2. The van der Waals surface area contributed by atoms with Crippen LogP contribution in [0.2, 0.25) is 5.02 Å². The van der Waals surface area contributed by atoms with E-state index in [4.69, 9.17) is 21.4 Å². The number of nitrogens with one attached hydrogen (secondary N) is 1. The van der Waals surface area contributed by atoms with Gasteiger partial charge in [-0.3, -0.25) is 4.79 Å². The van der Waals surface area contributed by atoms with Crippen LogP contribution in [0.1, 0.15) is 13.8 Å². The number of hydrogen-bond acceptors (Lipinski definition) is 5. The quantitative estimate of drug-likeness (QED) is 0.729. The van der Waals surface area contributed by atoms with Gasteiger partial charge in [-0.2, -0.15) is 0 Å². The number of ether oxygens (including phenoxy) is 1. The lowest BCUT2D eigenvalue weighted by molar-refractivity contribution is -0.137. The number of carboxylic acid groups (broad SMARTS) is 1. The van der Waals surface area contributed by atoms with Crippen molar-refractivity contribution in [2.75, 3.05) is 11.1 Å². The van der Waals surface area contributed by atoms with Gasteiger partial charge in [0.05, 0.1) is 21.4 Å². The summed E-state index contributed by atoms with van der Waals surface area (Å²) in [7, 11) is -3.43. The molecular weight excluding hydrogens is 385 g/mol. The summed E-state index contributed by atoms with van der Waals surface area (Å²) in [4.78, 5) is 11.0. The number of aliphatic carboxylic acids is 1. The van der Waals surface area contributed by atoms with E-state index in [0.717, 1.165) is 12.1 Å². The Morgan fingerprint density at radius 2 is 1.96 bits per heavy atom. The van der Waals surface area contributed by atoms with Crippen LogP contribution in [0.15, 0.2) is 41.3 Å². The van der Waals surface area contributed by atoms with E-state index >= 15 is 0 Å². The summed E-state index contributed by atoms with van der Waals surface area (Å²) >= 11 is 6.09. The Labute approximate surface area is 155 Å². The van der Waals surface area contributed by atoms with Crippen LogP contribution in [0.5, 0.6) is 11.5 Å². The van der Waals surface area contributed by atoms with Crippen LogP contribution < -0.4 is 10.1 Å². The van der Waals surface area contributed by atoms with Gasteiger partial charge in [0.15, 0.2) is 15.6 Å². The first-order valence-electron chi connectivity index (χ1n) is 7.63. The Morgan fingerprint density at radius 3 is 2.54 bits per heavy atom. The standard InChI is InChI=1S/C17H17ClFNO5S/c1-3-26(23,24)12-5-7-15(13(18)9-12)25-16-8-11(19)4-6-14(16)20-10(2)17(21)22/h4-10,20H,3H2,1-2H3,(H,21,22)/t10-/m0/s1. The van der Waals surface area contributed by atoms with Gasteiger partial charge in [-0.15, -0.1) is 0 Å². The van der Waals surface area contributed by atoms with Crippen LogP contribution in [-0.2, 0) is 14.6 Å². The lowest BCUT2D eigenvalue weighted by Crippen LogP contribution is -2.25. The van der Waals surface area contributed by atoms with Gasteiger partial charge < -0.3 is 15.2 Å². The molecule has 26 heavy (non-hydrogen) atoms. The highest BCUT2D eigenvalue weighted by Crippen LogP contribution is 2.35. The second-order valence-electron chi connectivity index (χ2n) is 5.44. The highest BCUT2D eigenvalue weighted by Gasteiger charge is 2.17. The zero-order chi connectivity index (χ0) is 19.5. The molecule has 0 aliphatic carbocycles. The number of carboxylic acids is 1. The molecule has 0 heterocycles. The van der Waals surface area contributed by atoms with Crippen molar-refractivity contribution < 1.29 is 27.4 Å². The third kappa shape index (κ3) is 4.64. The number of sulfone groups is 1. The zero-order valence-electron chi connectivity index (χ0n) is 14.0. The smallest absolute Gasteiger partial charge is 0.325 e. The minimum absolute atomic E-state index is 0.0195. The fourth-order valence-electron chi connectivity index (χ4n) is 2.04. The minimum Gasteiger partial charge on any atom is -0.480 e. The monoisotopic (exact) mass is 401 g/mol. The molecule has 0 spiro atoms. The van der Waals surface area contributed by atoms with E-state index in [0.29, 0.717) is 0 Å². The van der Waals surface area contributed by atoms with Crippen LogP contribution >= 0.6 is 11.6 Å². The average molecular weight is 402 g/mol. The Hall–Kier alpha value is -2.32. The van der Waals surface area contributed by atoms with Crippen LogP contribution in [0.4, 0.5) is 10.1 Å². The summed E-state index contributed by atoms with van der Waals surface area (Å²) in [6, 6.07) is 6.59. The molecule has 1 atom stereocenters. The van der Waals surface area contributed by atoms with Crippen molar-refractivity contribution in [1.29, 1.82) is 0 Å². The van der Waals surface area contributed by atoms with Gasteiger partial charge in [-0.1, -0.05) is 18.5 Å². The van der Waals surface area contributed by atoms with Crippen molar-refractivity contribution in [3.63, 3.8) is 0 Å². The Kier molecular flexibility index (Phi) is 6.09. The maximum absolute atomic E-state index is 13.6. The molecule has 9 heteroatoms. The molecule has 2 rings (SSSR count). The maximum atomic E-state index is 13.6. The van der Waals surface area contributed by atoms with E-state index in [1.54, 1.807) is 0 Å². The van der Waals surface area contributed by atoms with Gasteiger partial charge in [0, 0.05) is 6.07 Å². The van der Waals surface area contributed by atoms with Crippen LogP contribution in [0.3, 0.4) is 0 Å². The predicted molar refractivity (Wildman–Crippen MR) is 96.4 cm³/mol. The van der Waals surface area contributed by atoms with Crippen LogP contribution in [-0.4, -0.2) is 31.3 Å². The predicted octanol–water partition coefficient (Wildman–Crippen LogP) is 3.95. The molecule has 0 saturated heterocycles. The van der Waals surface area contributed by atoms with E-state index in [2.05, 4.69) is 5.32 Å². The van der Waals surface area contributed by atoms with E-state index in [1.807, 2.05) is 0 Å². The van der Waals surface area contributed by atoms with E-state index in [9.17, 15) is 17.6 Å². The Balaban J connectivity index is 2.36. The second kappa shape index (κ2) is 7.92. The second-order valence-corrected chi connectivity index (χ2v) is 8.13. The first-order chi connectivity index (χ1) is 12.1. The van der Waals surface area contributed by atoms with Crippen LogP contribution in [0.25, 0.3) is 0 Å². The van der Waals surface area contributed by atoms with Crippen molar-refractivity contribution in [3.8, 4) is 11.5 Å². The summed E-state index contributed by atoms with van der Waals surface area (Å²) in [6.45, 7) is 2.94. The molecular formula is C17H17ClFNO5S. The van der Waals surface area contributed by atoms with Crippen molar-refractivity contribution in [1.82, 2.24) is 0 Å². The highest BCUT2D eigenvalue weighted by atomic mass is 35.5. The molecule has 0 amide bonds. The summed E-state index contributed by atoms with van der Waals surface area (Å²) in [5.74, 6) is -1.62. The van der Waals surface area contributed by atoms with Gasteiger partial charge in [-0.25, -0.2) is 12.8 Å². The molecule has 0 bridgehead atoms. The third-order valence-corrected chi connectivity index (χ3v) is 5.58. The van der Waals surface area contributed by atoms with Gasteiger partial charge >= 0.3 is 5.97 Å². The average Bonchev–Trinajstić information content (AvgIpc) is 2.58. The van der Waals surface area contributed by atoms with E-state index < -0.39 is 27.7 Å². The fraction of sp³-hybridized carbons (Fsp3) is 0.235. The minimum atomic E-state index is -3.43. The van der Waals surface area contributed by atoms with Gasteiger partial charge in [-0.05, 0) is 37.3 Å². The first-order valence-corrected chi connectivity index (χ1v) is 9.66. The number of benzene rings is 2. The third-order valence-electron chi connectivity index (χ3n) is 3.55. The number of hydrogen-bond donors (Lipinski definition) is 2. The SMILES string of the molecule is CCS(=O)(=O)c1ccc(Oc2cc(F)ccc2N[C@@H](C)C(=O)O)c(Cl)c1. The normalized spacial score (nSPS) is 12.5. The number of anilines is 1. The summed E-state index contributed by atoms with van der Waals surface area (Å²) < 4.78 is 42.9. The van der Waals surface area contributed by atoms with Crippen molar-refractivity contribution >= 4 is 33.1 Å². The largest absolute Gasteiger partial charge is 0.480 e. The summed E-state index contributed by atoms with van der Waals surface area (Å²) in [5.41, 5.74) is 0.252. The molecule has 0 saturated carbocycles. The van der Waals surface area contributed by atoms with E-state index in [-0.39, 0.29) is 32.9 Å². The molecule has 0 aliphatic rings. The molecule has 0 aliphatic heterocycles. The molecule has 2 aromatic carbocycles. The zero-order valence-corrected chi connectivity index (χ0v) is 15.6. The lowest BCUT2D eigenvalue weighted by Gasteiger charge is -2.16. The molecule has 0 fully saturated rings. The summed E-state index contributed by atoms with van der Waals surface area (Å²) in [6.07, 6.45) is 0. The van der Waals surface area contributed by atoms with Gasteiger partial charge in [0.25, 0.3) is 0 Å². The molecule has 2 aromatic rings.